The third-order valence-corrected chi connectivity index (χ3v) is 3.40. The molecular formula is C9H10N6OS. The molecule has 0 radical (unpaired) electrons. The highest BCUT2D eigenvalue weighted by Crippen LogP contribution is 2.17. The Morgan fingerprint density at radius 1 is 1.41 bits per heavy atom. The van der Waals surface area contributed by atoms with Gasteiger partial charge in [-0.1, -0.05) is 11.3 Å². The van der Waals surface area contributed by atoms with E-state index in [4.69, 9.17) is 5.73 Å². The number of hydrogen-bond donors (Lipinski definition) is 1. The van der Waals surface area contributed by atoms with Crippen molar-refractivity contribution in [3.05, 3.63) is 23.2 Å². The Hall–Kier alpha value is -1.96. The Balaban J connectivity index is 1.81. The van der Waals surface area contributed by atoms with Gasteiger partial charge in [-0.2, -0.15) is 0 Å². The molecule has 2 aromatic rings. The van der Waals surface area contributed by atoms with E-state index in [1.807, 2.05) is 10.8 Å². The number of aromatic nitrogens is 4. The van der Waals surface area contributed by atoms with Gasteiger partial charge in [0.1, 0.15) is 5.82 Å². The average Bonchev–Trinajstić information content (AvgIpc) is 2.95. The maximum Gasteiger partial charge on any atom is 0.285 e. The predicted molar refractivity (Wildman–Crippen MR) is 61.3 cm³/mol. The van der Waals surface area contributed by atoms with E-state index < -0.39 is 0 Å². The van der Waals surface area contributed by atoms with Crippen LogP contribution in [-0.4, -0.2) is 37.1 Å². The monoisotopic (exact) mass is 250 g/mol. The molecule has 1 aliphatic rings. The van der Waals surface area contributed by atoms with Crippen LogP contribution >= 0.6 is 11.3 Å². The topological polar surface area (TPSA) is 89.9 Å². The summed E-state index contributed by atoms with van der Waals surface area (Å²) in [5.74, 6) is 0.760. The first-order valence-electron chi connectivity index (χ1n) is 5.12. The molecule has 2 N–H and O–H groups in total. The number of anilines is 1. The summed E-state index contributed by atoms with van der Waals surface area (Å²) in [6.45, 7) is 1.92. The van der Waals surface area contributed by atoms with Gasteiger partial charge in [0.05, 0.1) is 6.54 Å². The molecule has 0 spiro atoms. The van der Waals surface area contributed by atoms with Crippen molar-refractivity contribution in [3.63, 3.8) is 0 Å². The molecular weight excluding hydrogens is 240 g/mol. The highest BCUT2D eigenvalue weighted by molar-refractivity contribution is 7.16. The van der Waals surface area contributed by atoms with E-state index >= 15 is 0 Å². The SMILES string of the molecule is Nc1nnc(C(=O)N2CCn3ccnc3C2)s1. The smallest absolute Gasteiger partial charge is 0.285 e. The summed E-state index contributed by atoms with van der Waals surface area (Å²) in [5, 5.41) is 8.05. The largest absolute Gasteiger partial charge is 0.374 e. The molecule has 0 saturated carbocycles. The lowest BCUT2D eigenvalue weighted by atomic mass is 10.3. The number of nitrogens with two attached hydrogens (primary N) is 1. The number of nitrogens with zero attached hydrogens (tertiary/aromatic N) is 5. The van der Waals surface area contributed by atoms with Crippen LogP contribution < -0.4 is 5.73 Å². The van der Waals surface area contributed by atoms with Gasteiger partial charge in [0.25, 0.3) is 5.91 Å². The fourth-order valence-electron chi connectivity index (χ4n) is 1.80. The number of amides is 1. The zero-order valence-corrected chi connectivity index (χ0v) is 9.72. The van der Waals surface area contributed by atoms with Gasteiger partial charge in [-0.25, -0.2) is 4.98 Å². The van der Waals surface area contributed by atoms with E-state index in [1.165, 1.54) is 0 Å². The summed E-state index contributed by atoms with van der Waals surface area (Å²) < 4.78 is 2.04. The van der Waals surface area contributed by atoms with Gasteiger partial charge in [0, 0.05) is 25.5 Å². The van der Waals surface area contributed by atoms with Gasteiger partial charge in [-0.05, 0) is 0 Å². The zero-order valence-electron chi connectivity index (χ0n) is 8.91. The Morgan fingerprint density at radius 2 is 2.29 bits per heavy atom. The molecule has 7 nitrogen and oxygen atoms in total. The minimum atomic E-state index is -0.131. The highest BCUT2D eigenvalue weighted by Gasteiger charge is 2.24. The average molecular weight is 250 g/mol. The van der Waals surface area contributed by atoms with Crippen LogP contribution in [0.15, 0.2) is 12.4 Å². The van der Waals surface area contributed by atoms with E-state index in [0.717, 1.165) is 23.7 Å². The van der Waals surface area contributed by atoms with Gasteiger partial charge in [0.15, 0.2) is 0 Å². The molecule has 3 rings (SSSR count). The van der Waals surface area contributed by atoms with Crippen molar-refractivity contribution in [1.82, 2.24) is 24.6 Å². The second-order valence-corrected chi connectivity index (χ2v) is 4.72. The third-order valence-electron chi connectivity index (χ3n) is 2.66. The molecule has 0 bridgehead atoms. The minimum Gasteiger partial charge on any atom is -0.374 e. The van der Waals surface area contributed by atoms with Crippen LogP contribution in [0.3, 0.4) is 0 Å². The van der Waals surface area contributed by atoms with Crippen molar-refractivity contribution in [2.75, 3.05) is 12.3 Å². The standard InChI is InChI=1S/C9H10N6OS/c10-9-13-12-7(17-9)8(16)15-4-3-14-2-1-11-6(14)5-15/h1-2H,3-5H2,(H2,10,13). The molecule has 2 aromatic heterocycles. The zero-order chi connectivity index (χ0) is 11.8. The molecule has 1 amide bonds. The van der Waals surface area contributed by atoms with Crippen LogP contribution in [0.1, 0.15) is 15.6 Å². The van der Waals surface area contributed by atoms with Crippen LogP contribution in [0.5, 0.6) is 0 Å². The van der Waals surface area contributed by atoms with Crippen molar-refractivity contribution in [2.24, 2.45) is 0 Å². The second kappa shape index (κ2) is 3.81. The van der Waals surface area contributed by atoms with Crippen LogP contribution in [-0.2, 0) is 13.1 Å². The fourth-order valence-corrected chi connectivity index (χ4v) is 2.38. The number of rotatable bonds is 1. The van der Waals surface area contributed by atoms with E-state index in [9.17, 15) is 4.79 Å². The van der Waals surface area contributed by atoms with Gasteiger partial charge >= 0.3 is 0 Å². The van der Waals surface area contributed by atoms with Crippen molar-refractivity contribution >= 4 is 22.4 Å². The Bertz CT molecular complexity index is 561. The van der Waals surface area contributed by atoms with E-state index in [0.29, 0.717) is 23.2 Å². The molecule has 17 heavy (non-hydrogen) atoms. The molecule has 88 valence electrons. The minimum absolute atomic E-state index is 0.131. The molecule has 0 fully saturated rings. The molecule has 3 heterocycles. The first-order valence-corrected chi connectivity index (χ1v) is 5.94. The molecule has 1 aliphatic heterocycles. The third kappa shape index (κ3) is 1.76. The molecule has 8 heteroatoms. The van der Waals surface area contributed by atoms with E-state index in [1.54, 1.807) is 11.1 Å². The fraction of sp³-hybridized carbons (Fsp3) is 0.333. The summed E-state index contributed by atoms with van der Waals surface area (Å²) in [4.78, 5) is 18.0. The van der Waals surface area contributed by atoms with Crippen LogP contribution in [0.2, 0.25) is 0 Å². The lowest BCUT2D eigenvalue weighted by Gasteiger charge is -2.26. The Morgan fingerprint density at radius 3 is 3.06 bits per heavy atom. The summed E-state index contributed by atoms with van der Waals surface area (Å²) in [5.41, 5.74) is 5.46. The van der Waals surface area contributed by atoms with Crippen LogP contribution in [0.4, 0.5) is 5.13 Å². The number of carbonyl (C=O) groups excluding carboxylic acids is 1. The molecule has 0 saturated heterocycles. The lowest BCUT2D eigenvalue weighted by Crippen LogP contribution is -2.38. The Labute approximate surface area is 101 Å². The maximum atomic E-state index is 12.1. The van der Waals surface area contributed by atoms with Crippen LogP contribution in [0.25, 0.3) is 0 Å². The highest BCUT2D eigenvalue weighted by atomic mass is 32.1. The molecule has 0 unspecified atom stereocenters. The first kappa shape index (κ1) is 10.2. The summed E-state index contributed by atoms with van der Waals surface area (Å²) in [6, 6.07) is 0. The van der Waals surface area contributed by atoms with Crippen LogP contribution in [0, 0.1) is 0 Å². The first-order chi connectivity index (χ1) is 8.24. The summed E-state index contributed by atoms with van der Waals surface area (Å²) in [7, 11) is 0. The number of fused-ring (bicyclic) bond motifs is 1. The maximum absolute atomic E-state index is 12.1. The molecule has 0 aliphatic carbocycles. The van der Waals surface area contributed by atoms with Crippen molar-refractivity contribution < 1.29 is 4.79 Å². The number of nitrogen functional groups attached to an aromatic ring is 1. The summed E-state index contributed by atoms with van der Waals surface area (Å²) in [6.07, 6.45) is 3.66. The number of carbonyl (C=O) groups is 1. The quantitative estimate of drug-likeness (QED) is 0.767. The number of imidazole rings is 1. The van der Waals surface area contributed by atoms with E-state index in [2.05, 4.69) is 15.2 Å². The van der Waals surface area contributed by atoms with Crippen molar-refractivity contribution in [3.8, 4) is 0 Å². The lowest BCUT2D eigenvalue weighted by molar-refractivity contribution is 0.0706. The van der Waals surface area contributed by atoms with E-state index in [-0.39, 0.29) is 5.91 Å². The second-order valence-electron chi connectivity index (χ2n) is 3.71. The summed E-state index contributed by atoms with van der Waals surface area (Å²) >= 11 is 1.11. The van der Waals surface area contributed by atoms with Gasteiger partial charge < -0.3 is 15.2 Å². The van der Waals surface area contributed by atoms with Crippen molar-refractivity contribution in [1.29, 1.82) is 0 Å². The van der Waals surface area contributed by atoms with Gasteiger partial charge in [-0.3, -0.25) is 4.79 Å². The van der Waals surface area contributed by atoms with Gasteiger partial charge in [0.2, 0.25) is 10.1 Å². The molecule has 0 atom stereocenters. The Kier molecular flexibility index (Phi) is 2.29. The predicted octanol–water partition coefficient (Wildman–Crippen LogP) is -0.0272. The van der Waals surface area contributed by atoms with Crippen molar-refractivity contribution in [2.45, 2.75) is 13.1 Å². The molecule has 0 aromatic carbocycles. The van der Waals surface area contributed by atoms with Gasteiger partial charge in [-0.15, -0.1) is 10.2 Å². The number of hydrogen-bond acceptors (Lipinski definition) is 6. The normalized spacial score (nSPS) is 14.7.